The van der Waals surface area contributed by atoms with Crippen LogP contribution in [0.4, 0.5) is 4.79 Å². The highest BCUT2D eigenvalue weighted by Gasteiger charge is 2.15. The highest BCUT2D eigenvalue weighted by molar-refractivity contribution is 6.51. The van der Waals surface area contributed by atoms with E-state index in [2.05, 4.69) is 24.3 Å². The highest BCUT2D eigenvalue weighted by atomic mass is 16.6. The van der Waals surface area contributed by atoms with Crippen molar-refractivity contribution in [1.82, 2.24) is 5.32 Å². The van der Waals surface area contributed by atoms with Crippen molar-refractivity contribution in [3.05, 3.63) is 29.8 Å². The summed E-state index contributed by atoms with van der Waals surface area (Å²) in [4.78, 5) is 11.4. The Morgan fingerprint density at radius 3 is 2.35 bits per heavy atom. The lowest BCUT2D eigenvalue weighted by atomic mass is 9.73. The number of carbonyl (C=O) groups excluding carboxylic acids is 1. The summed E-state index contributed by atoms with van der Waals surface area (Å²) in [6.07, 6.45) is -0.378. The Hall–Kier alpha value is -1.45. The van der Waals surface area contributed by atoms with Crippen molar-refractivity contribution < 1.29 is 9.53 Å². The smallest absolute Gasteiger partial charge is 0.407 e. The first-order valence-corrected chi connectivity index (χ1v) is 5.95. The normalized spacial score (nSPS) is 10.8. The van der Waals surface area contributed by atoms with E-state index in [9.17, 15) is 4.79 Å². The Kier molecular flexibility index (Phi) is 4.61. The van der Waals surface area contributed by atoms with Crippen LogP contribution in [0, 0.1) is 0 Å². The van der Waals surface area contributed by atoms with Crippen LogP contribution in [0.3, 0.4) is 0 Å². The average molecular weight is 233 g/mol. The van der Waals surface area contributed by atoms with Crippen LogP contribution < -0.4 is 10.8 Å². The lowest BCUT2D eigenvalue weighted by Gasteiger charge is -2.19. The number of hydrogen-bond donors (Lipinski definition) is 1. The predicted molar refractivity (Wildman–Crippen MR) is 72.2 cm³/mol. The van der Waals surface area contributed by atoms with Crippen molar-refractivity contribution in [2.24, 2.45) is 0 Å². The van der Waals surface area contributed by atoms with Gasteiger partial charge in [0.05, 0.1) is 0 Å². The molecule has 0 fully saturated rings. The number of amides is 1. The molecule has 0 atom stereocenters. The highest BCUT2D eigenvalue weighted by Crippen LogP contribution is 2.06. The summed E-state index contributed by atoms with van der Waals surface area (Å²) in [7, 11) is 1.03. The number of ether oxygens (including phenoxy) is 1. The minimum Gasteiger partial charge on any atom is -0.444 e. The fraction of sp³-hybridized carbons (Fsp3) is 0.462. The van der Waals surface area contributed by atoms with Gasteiger partial charge in [-0.25, -0.2) is 4.79 Å². The molecule has 92 valence electrons. The van der Waals surface area contributed by atoms with Gasteiger partial charge in [-0.3, -0.25) is 0 Å². The van der Waals surface area contributed by atoms with Gasteiger partial charge >= 0.3 is 6.09 Å². The van der Waals surface area contributed by atoms with Crippen LogP contribution in [0.1, 0.15) is 26.3 Å². The van der Waals surface area contributed by atoms with Gasteiger partial charge in [0.15, 0.2) is 7.28 Å². The van der Waals surface area contributed by atoms with Gasteiger partial charge in [0.25, 0.3) is 0 Å². The summed E-state index contributed by atoms with van der Waals surface area (Å²) in [5.74, 6) is 0. The summed E-state index contributed by atoms with van der Waals surface area (Å²) in [6, 6.07) is 8.20. The largest absolute Gasteiger partial charge is 0.444 e. The molecular formula is C13H20BNO2. The standard InChI is InChI=1S/C13H20BNO2/c1-13(2,3)17-12(16)15-9-10-5-7-11(14-4)8-6-10/h5-8,14H,9H2,1-4H3,(H,15,16). The molecule has 0 aliphatic carbocycles. The molecule has 1 aromatic rings. The Bertz CT molecular complexity index is 368. The van der Waals surface area contributed by atoms with Crippen LogP contribution in [0.5, 0.6) is 0 Å². The van der Waals surface area contributed by atoms with E-state index in [4.69, 9.17) is 4.74 Å². The minimum absolute atomic E-state index is 0.378. The topological polar surface area (TPSA) is 38.3 Å². The Labute approximate surface area is 104 Å². The maximum absolute atomic E-state index is 11.4. The zero-order chi connectivity index (χ0) is 12.9. The first-order valence-electron chi connectivity index (χ1n) is 5.95. The minimum atomic E-state index is -0.448. The molecule has 0 bridgehead atoms. The van der Waals surface area contributed by atoms with Crippen LogP contribution >= 0.6 is 0 Å². The fourth-order valence-corrected chi connectivity index (χ4v) is 1.38. The van der Waals surface area contributed by atoms with Crippen molar-refractivity contribution in [2.75, 3.05) is 0 Å². The molecule has 1 N–H and O–H groups in total. The molecule has 0 aliphatic heterocycles. The second-order valence-corrected chi connectivity index (χ2v) is 5.03. The molecule has 0 spiro atoms. The first kappa shape index (κ1) is 13.6. The van der Waals surface area contributed by atoms with Gasteiger partial charge in [-0.2, -0.15) is 0 Å². The number of benzene rings is 1. The molecule has 3 nitrogen and oxygen atoms in total. The molecule has 0 radical (unpaired) electrons. The van der Waals surface area contributed by atoms with Crippen LogP contribution in [-0.4, -0.2) is 19.0 Å². The zero-order valence-electron chi connectivity index (χ0n) is 11.0. The van der Waals surface area contributed by atoms with Gasteiger partial charge in [0.2, 0.25) is 0 Å². The molecule has 1 rings (SSSR count). The molecule has 0 saturated heterocycles. The first-order chi connectivity index (χ1) is 7.90. The van der Waals surface area contributed by atoms with E-state index in [1.807, 2.05) is 32.9 Å². The summed E-state index contributed by atoms with van der Waals surface area (Å²) >= 11 is 0. The predicted octanol–water partition coefficient (Wildman–Crippen LogP) is 1.82. The molecule has 17 heavy (non-hydrogen) atoms. The second-order valence-electron chi connectivity index (χ2n) is 5.03. The van der Waals surface area contributed by atoms with E-state index in [-0.39, 0.29) is 6.09 Å². The van der Waals surface area contributed by atoms with Crippen LogP contribution in [0.15, 0.2) is 24.3 Å². The van der Waals surface area contributed by atoms with E-state index in [1.54, 1.807) is 0 Å². The van der Waals surface area contributed by atoms with Crippen molar-refractivity contribution in [3.63, 3.8) is 0 Å². The van der Waals surface area contributed by atoms with E-state index in [0.29, 0.717) is 6.54 Å². The third-order valence-electron chi connectivity index (χ3n) is 2.27. The molecular weight excluding hydrogens is 213 g/mol. The molecule has 1 amide bonds. The SMILES string of the molecule is CBc1ccc(CNC(=O)OC(C)(C)C)cc1. The van der Waals surface area contributed by atoms with E-state index in [0.717, 1.165) is 12.8 Å². The molecule has 0 unspecified atom stereocenters. The lowest BCUT2D eigenvalue weighted by Crippen LogP contribution is -2.32. The van der Waals surface area contributed by atoms with E-state index < -0.39 is 5.60 Å². The van der Waals surface area contributed by atoms with Crippen LogP contribution in [0.2, 0.25) is 6.82 Å². The number of hydrogen-bond acceptors (Lipinski definition) is 2. The van der Waals surface area contributed by atoms with Crippen molar-refractivity contribution in [1.29, 1.82) is 0 Å². The lowest BCUT2D eigenvalue weighted by molar-refractivity contribution is 0.0523. The van der Waals surface area contributed by atoms with Gasteiger partial charge in [0.1, 0.15) is 5.60 Å². The molecule has 1 aromatic carbocycles. The summed E-state index contributed by atoms with van der Waals surface area (Å²) in [5.41, 5.74) is 1.93. The van der Waals surface area contributed by atoms with Crippen LogP contribution in [-0.2, 0) is 11.3 Å². The fourth-order valence-electron chi connectivity index (χ4n) is 1.38. The van der Waals surface area contributed by atoms with E-state index >= 15 is 0 Å². The quantitative estimate of drug-likeness (QED) is 0.808. The second kappa shape index (κ2) is 5.76. The molecule has 4 heteroatoms. The Morgan fingerprint density at radius 2 is 1.88 bits per heavy atom. The molecule has 0 aliphatic rings. The van der Waals surface area contributed by atoms with Gasteiger partial charge < -0.3 is 10.1 Å². The Balaban J connectivity index is 2.42. The number of nitrogens with one attached hydrogen (secondary N) is 1. The van der Waals surface area contributed by atoms with E-state index in [1.165, 1.54) is 5.46 Å². The maximum Gasteiger partial charge on any atom is 0.407 e. The van der Waals surface area contributed by atoms with Gasteiger partial charge in [0, 0.05) is 6.54 Å². The van der Waals surface area contributed by atoms with Gasteiger partial charge in [-0.05, 0) is 26.3 Å². The number of alkyl carbamates (subject to hydrolysis) is 1. The summed E-state index contributed by atoms with van der Waals surface area (Å²) in [5, 5.41) is 2.73. The molecule has 0 heterocycles. The number of carbonyl (C=O) groups is 1. The monoisotopic (exact) mass is 233 g/mol. The van der Waals surface area contributed by atoms with Crippen molar-refractivity contribution >= 4 is 18.8 Å². The summed E-state index contributed by atoms with van der Waals surface area (Å²) < 4.78 is 5.15. The van der Waals surface area contributed by atoms with Gasteiger partial charge in [-0.15, -0.1) is 0 Å². The third-order valence-corrected chi connectivity index (χ3v) is 2.27. The molecule has 0 saturated carbocycles. The summed E-state index contributed by atoms with van der Waals surface area (Å²) in [6.45, 7) is 8.17. The number of rotatable bonds is 3. The average Bonchev–Trinajstić information content (AvgIpc) is 2.25. The maximum atomic E-state index is 11.4. The van der Waals surface area contributed by atoms with Gasteiger partial charge in [-0.1, -0.05) is 36.6 Å². The molecule has 0 aromatic heterocycles. The van der Waals surface area contributed by atoms with Crippen LogP contribution in [0.25, 0.3) is 0 Å². The van der Waals surface area contributed by atoms with Crippen molar-refractivity contribution in [2.45, 2.75) is 39.7 Å². The Morgan fingerprint density at radius 1 is 1.29 bits per heavy atom. The third kappa shape index (κ3) is 5.43. The van der Waals surface area contributed by atoms with Crippen molar-refractivity contribution in [3.8, 4) is 0 Å². The zero-order valence-corrected chi connectivity index (χ0v) is 11.0.